The molecule has 0 radical (unpaired) electrons. The molecule has 0 fully saturated rings. The zero-order valence-electron chi connectivity index (χ0n) is 16.8. The van der Waals surface area contributed by atoms with E-state index in [1.54, 1.807) is 0 Å². The second-order valence-electron chi connectivity index (χ2n) is 7.87. The average molecular weight is 344 g/mol. The van der Waals surface area contributed by atoms with Crippen molar-refractivity contribution >= 4 is 11.4 Å². The fourth-order valence-electron chi connectivity index (χ4n) is 3.32. The highest BCUT2D eigenvalue weighted by Gasteiger charge is 2.23. The third-order valence-electron chi connectivity index (χ3n) is 5.63. The van der Waals surface area contributed by atoms with Crippen molar-refractivity contribution in [2.45, 2.75) is 40.0 Å². The molecule has 134 valence electrons. The summed E-state index contributed by atoms with van der Waals surface area (Å²) in [5, 5.41) is 0. The Hall–Kier alpha value is -2.54. The second kappa shape index (κ2) is 6.99. The van der Waals surface area contributed by atoms with Gasteiger partial charge in [0.1, 0.15) is 0 Å². The molecule has 0 aliphatic carbocycles. The zero-order chi connectivity index (χ0) is 18.9. The van der Waals surface area contributed by atoms with Gasteiger partial charge in [0.2, 0.25) is 0 Å². The maximum Gasteiger partial charge on any atom is 0.0410 e. The molecule has 0 amide bonds. The molecule has 0 unspecified atom stereocenters. The predicted molar refractivity (Wildman–Crippen MR) is 114 cm³/mol. The van der Waals surface area contributed by atoms with Gasteiger partial charge in [-0.1, -0.05) is 61.9 Å². The molecule has 0 bridgehead atoms. The van der Waals surface area contributed by atoms with E-state index >= 15 is 0 Å². The Balaban J connectivity index is 1.87. The van der Waals surface area contributed by atoms with Gasteiger partial charge in [0.15, 0.2) is 0 Å². The van der Waals surface area contributed by atoms with Crippen LogP contribution in [0.3, 0.4) is 0 Å². The minimum absolute atomic E-state index is 0.00868. The zero-order valence-corrected chi connectivity index (χ0v) is 16.8. The number of anilines is 2. The van der Waals surface area contributed by atoms with Gasteiger partial charge < -0.3 is 4.90 Å². The van der Waals surface area contributed by atoms with Crippen LogP contribution in [0.5, 0.6) is 0 Å². The standard InChI is InChI=1S/C25H29N/c1-18-7-10-21(11-8-18)25(4,5)22-12-15-23(16-13-22)26(6)24-14-9-19(2)20(3)17-24/h7-17H,1-6H3. The Labute approximate surface area is 158 Å². The van der Waals surface area contributed by atoms with E-state index in [4.69, 9.17) is 0 Å². The van der Waals surface area contributed by atoms with Gasteiger partial charge in [-0.15, -0.1) is 0 Å². The van der Waals surface area contributed by atoms with Gasteiger partial charge in [0, 0.05) is 23.8 Å². The predicted octanol–water partition coefficient (Wildman–Crippen LogP) is 6.71. The molecule has 0 N–H and O–H groups in total. The number of aryl methyl sites for hydroxylation is 3. The Morgan fingerprint density at radius 1 is 0.615 bits per heavy atom. The highest BCUT2D eigenvalue weighted by atomic mass is 15.1. The highest BCUT2D eigenvalue weighted by Crippen LogP contribution is 2.33. The maximum absolute atomic E-state index is 2.29. The summed E-state index contributed by atoms with van der Waals surface area (Å²) in [4.78, 5) is 2.25. The number of benzene rings is 3. The molecule has 0 aliphatic rings. The number of hydrogen-bond donors (Lipinski definition) is 0. The van der Waals surface area contributed by atoms with Crippen molar-refractivity contribution in [1.29, 1.82) is 0 Å². The van der Waals surface area contributed by atoms with Crippen LogP contribution < -0.4 is 4.90 Å². The fraction of sp³-hybridized carbons (Fsp3) is 0.280. The lowest BCUT2D eigenvalue weighted by atomic mass is 9.78. The molecule has 3 aromatic carbocycles. The van der Waals surface area contributed by atoms with Crippen LogP contribution in [0.4, 0.5) is 11.4 Å². The molecule has 3 rings (SSSR count). The molecule has 26 heavy (non-hydrogen) atoms. The fourth-order valence-corrected chi connectivity index (χ4v) is 3.32. The van der Waals surface area contributed by atoms with Crippen molar-refractivity contribution in [2.75, 3.05) is 11.9 Å². The molecule has 1 nitrogen and oxygen atoms in total. The maximum atomic E-state index is 2.29. The van der Waals surface area contributed by atoms with Gasteiger partial charge in [0.05, 0.1) is 0 Å². The smallest absolute Gasteiger partial charge is 0.0410 e. The molecule has 3 aromatic rings. The lowest BCUT2D eigenvalue weighted by molar-refractivity contribution is 0.640. The van der Waals surface area contributed by atoms with E-state index in [9.17, 15) is 0 Å². The molecule has 0 spiro atoms. The van der Waals surface area contributed by atoms with Crippen molar-refractivity contribution in [3.63, 3.8) is 0 Å². The highest BCUT2D eigenvalue weighted by molar-refractivity contribution is 5.64. The van der Waals surface area contributed by atoms with Gasteiger partial charge in [0.25, 0.3) is 0 Å². The van der Waals surface area contributed by atoms with Crippen LogP contribution in [0, 0.1) is 20.8 Å². The summed E-state index contributed by atoms with van der Waals surface area (Å²) in [6.45, 7) is 11.0. The summed E-state index contributed by atoms with van der Waals surface area (Å²) in [6.07, 6.45) is 0. The first kappa shape index (κ1) is 18.3. The van der Waals surface area contributed by atoms with E-state index < -0.39 is 0 Å². The molecule has 0 heterocycles. The van der Waals surface area contributed by atoms with Crippen LogP contribution in [-0.4, -0.2) is 7.05 Å². The summed E-state index contributed by atoms with van der Waals surface area (Å²) in [6, 6.07) is 24.5. The van der Waals surface area contributed by atoms with Gasteiger partial charge in [-0.2, -0.15) is 0 Å². The van der Waals surface area contributed by atoms with Crippen LogP contribution >= 0.6 is 0 Å². The number of hydrogen-bond acceptors (Lipinski definition) is 1. The van der Waals surface area contributed by atoms with E-state index in [0.717, 1.165) is 0 Å². The van der Waals surface area contributed by atoms with Crippen molar-refractivity contribution in [1.82, 2.24) is 0 Å². The summed E-state index contributed by atoms with van der Waals surface area (Å²) >= 11 is 0. The summed E-state index contributed by atoms with van der Waals surface area (Å²) in [7, 11) is 2.13. The van der Waals surface area contributed by atoms with E-state index in [2.05, 4.69) is 113 Å². The van der Waals surface area contributed by atoms with Crippen molar-refractivity contribution in [3.8, 4) is 0 Å². The first-order chi connectivity index (χ1) is 12.3. The van der Waals surface area contributed by atoms with E-state index in [-0.39, 0.29) is 5.41 Å². The number of rotatable bonds is 4. The third-order valence-corrected chi connectivity index (χ3v) is 5.63. The van der Waals surface area contributed by atoms with Crippen molar-refractivity contribution < 1.29 is 0 Å². The summed E-state index contributed by atoms with van der Waals surface area (Å²) in [5.41, 5.74) is 9.05. The Bertz CT molecular complexity index is 886. The van der Waals surface area contributed by atoms with Gasteiger partial charge in [-0.25, -0.2) is 0 Å². The van der Waals surface area contributed by atoms with Crippen LogP contribution in [-0.2, 0) is 5.41 Å². The van der Waals surface area contributed by atoms with Gasteiger partial charge >= 0.3 is 0 Å². The molecule has 0 saturated heterocycles. The first-order valence-corrected chi connectivity index (χ1v) is 9.28. The molecule has 0 aliphatic heterocycles. The molecule has 1 heteroatoms. The normalized spacial score (nSPS) is 11.5. The molecular formula is C25H29N. The Kier molecular flexibility index (Phi) is 4.91. The topological polar surface area (TPSA) is 3.24 Å². The monoisotopic (exact) mass is 343 g/mol. The van der Waals surface area contributed by atoms with E-state index in [0.29, 0.717) is 0 Å². The van der Waals surface area contributed by atoms with Crippen LogP contribution in [0.25, 0.3) is 0 Å². The lowest BCUT2D eigenvalue weighted by Gasteiger charge is -2.27. The van der Waals surface area contributed by atoms with Gasteiger partial charge in [-0.05, 0) is 67.3 Å². The Morgan fingerprint density at radius 3 is 1.65 bits per heavy atom. The minimum atomic E-state index is -0.00868. The molecular weight excluding hydrogens is 314 g/mol. The second-order valence-corrected chi connectivity index (χ2v) is 7.87. The van der Waals surface area contributed by atoms with Crippen LogP contribution in [0.15, 0.2) is 66.7 Å². The largest absolute Gasteiger partial charge is 0.345 e. The summed E-state index contributed by atoms with van der Waals surface area (Å²) < 4.78 is 0. The number of nitrogens with zero attached hydrogens (tertiary/aromatic N) is 1. The molecule has 0 saturated carbocycles. The average Bonchev–Trinajstić information content (AvgIpc) is 2.64. The third kappa shape index (κ3) is 3.53. The SMILES string of the molecule is Cc1ccc(C(C)(C)c2ccc(N(C)c3ccc(C)c(C)c3)cc2)cc1. The van der Waals surface area contributed by atoms with Crippen LogP contribution in [0.1, 0.15) is 41.7 Å². The quantitative estimate of drug-likeness (QED) is 0.509. The van der Waals surface area contributed by atoms with Crippen molar-refractivity contribution in [2.24, 2.45) is 0 Å². The summed E-state index contributed by atoms with van der Waals surface area (Å²) in [5.74, 6) is 0. The molecule has 0 atom stereocenters. The van der Waals surface area contributed by atoms with Crippen LogP contribution in [0.2, 0.25) is 0 Å². The Morgan fingerprint density at radius 2 is 1.12 bits per heavy atom. The molecule has 0 aromatic heterocycles. The van der Waals surface area contributed by atoms with E-state index in [1.165, 1.54) is 39.2 Å². The lowest BCUT2D eigenvalue weighted by Crippen LogP contribution is -2.19. The van der Waals surface area contributed by atoms with E-state index in [1.807, 2.05) is 0 Å². The van der Waals surface area contributed by atoms with Gasteiger partial charge in [-0.3, -0.25) is 0 Å². The first-order valence-electron chi connectivity index (χ1n) is 9.28. The minimum Gasteiger partial charge on any atom is -0.345 e. The van der Waals surface area contributed by atoms with Crippen molar-refractivity contribution in [3.05, 3.63) is 94.5 Å².